The van der Waals surface area contributed by atoms with Gasteiger partial charge in [-0.05, 0) is 54.6 Å². The molecule has 8 nitrogen and oxygen atoms in total. The second-order valence-electron chi connectivity index (χ2n) is 6.77. The fraction of sp³-hybridized carbons (Fsp3) is 0.130. The highest BCUT2D eigenvalue weighted by Crippen LogP contribution is 2.21. The van der Waals surface area contributed by atoms with Crippen LogP contribution in [0.1, 0.15) is 15.9 Å². The van der Waals surface area contributed by atoms with Crippen molar-refractivity contribution in [3.63, 3.8) is 0 Å². The van der Waals surface area contributed by atoms with Crippen LogP contribution in [0.5, 0.6) is 11.5 Å². The molecule has 4 rings (SSSR count). The van der Waals surface area contributed by atoms with Gasteiger partial charge in [0.1, 0.15) is 17.8 Å². The number of rotatable bonds is 6. The van der Waals surface area contributed by atoms with Gasteiger partial charge in [-0.3, -0.25) is 14.2 Å². The van der Waals surface area contributed by atoms with E-state index in [2.05, 4.69) is 4.98 Å². The van der Waals surface area contributed by atoms with Crippen molar-refractivity contribution in [2.75, 3.05) is 14.2 Å². The van der Waals surface area contributed by atoms with Crippen LogP contribution >= 0.6 is 0 Å². The van der Waals surface area contributed by atoms with Crippen LogP contribution in [0.4, 0.5) is 0 Å². The van der Waals surface area contributed by atoms with Crippen LogP contribution < -0.4 is 20.7 Å². The Balaban J connectivity index is 1.98. The Hall–Kier alpha value is -4.20. The average molecular weight is 417 g/mol. The van der Waals surface area contributed by atoms with Gasteiger partial charge < -0.3 is 9.47 Å². The summed E-state index contributed by atoms with van der Waals surface area (Å²) in [7, 11) is 3.04. The number of aldehydes is 1. The molecule has 31 heavy (non-hydrogen) atoms. The van der Waals surface area contributed by atoms with E-state index >= 15 is 0 Å². The van der Waals surface area contributed by atoms with E-state index in [0.717, 1.165) is 4.57 Å². The Kier molecular flexibility index (Phi) is 5.36. The molecule has 2 aromatic heterocycles. The summed E-state index contributed by atoms with van der Waals surface area (Å²) in [5, 5.41) is 0.295. The summed E-state index contributed by atoms with van der Waals surface area (Å²) in [6.07, 6.45) is 2.23. The van der Waals surface area contributed by atoms with Crippen molar-refractivity contribution in [1.82, 2.24) is 14.1 Å². The molecule has 156 valence electrons. The first kappa shape index (κ1) is 20.1. The van der Waals surface area contributed by atoms with E-state index in [1.807, 2.05) is 0 Å². The number of fused-ring (bicyclic) bond motifs is 1. The Morgan fingerprint density at radius 3 is 2.45 bits per heavy atom. The van der Waals surface area contributed by atoms with Crippen LogP contribution in [-0.2, 0) is 6.54 Å². The number of nitrogens with zero attached hydrogens (tertiary/aromatic N) is 3. The van der Waals surface area contributed by atoms with Crippen LogP contribution in [0.15, 0.2) is 70.4 Å². The van der Waals surface area contributed by atoms with E-state index in [1.165, 1.54) is 17.9 Å². The fourth-order valence-electron chi connectivity index (χ4n) is 3.45. The highest BCUT2D eigenvalue weighted by atomic mass is 16.5. The molecule has 8 heteroatoms. The third-order valence-corrected chi connectivity index (χ3v) is 5.00. The van der Waals surface area contributed by atoms with Gasteiger partial charge in [-0.25, -0.2) is 14.3 Å². The summed E-state index contributed by atoms with van der Waals surface area (Å²) in [6, 6.07) is 15.0. The number of methoxy groups -OCH3 is 2. The first-order chi connectivity index (χ1) is 15.1. The molecular formula is C23H19N3O5. The topological polar surface area (TPSA) is 92.4 Å². The lowest BCUT2D eigenvalue weighted by Crippen LogP contribution is -2.40. The van der Waals surface area contributed by atoms with Crippen molar-refractivity contribution >= 4 is 17.3 Å². The monoisotopic (exact) mass is 417 g/mol. The predicted molar refractivity (Wildman–Crippen MR) is 116 cm³/mol. The van der Waals surface area contributed by atoms with Gasteiger partial charge in [-0.1, -0.05) is 0 Å². The Labute approximate surface area is 176 Å². The number of pyridine rings is 1. The number of benzene rings is 2. The maximum Gasteiger partial charge on any atom is 0.337 e. The van der Waals surface area contributed by atoms with Crippen molar-refractivity contribution in [2.45, 2.75) is 6.54 Å². The normalized spacial score (nSPS) is 10.8. The molecule has 2 heterocycles. The van der Waals surface area contributed by atoms with Crippen LogP contribution in [-0.4, -0.2) is 34.6 Å². The van der Waals surface area contributed by atoms with Gasteiger partial charge in [0, 0.05) is 17.3 Å². The largest absolute Gasteiger partial charge is 0.497 e. The minimum atomic E-state index is -0.556. The minimum absolute atomic E-state index is 0.0660. The maximum absolute atomic E-state index is 13.5. The van der Waals surface area contributed by atoms with Gasteiger partial charge in [0.2, 0.25) is 0 Å². The summed E-state index contributed by atoms with van der Waals surface area (Å²) < 4.78 is 13.0. The van der Waals surface area contributed by atoms with Crippen molar-refractivity contribution in [2.24, 2.45) is 0 Å². The van der Waals surface area contributed by atoms with Crippen LogP contribution in [0.3, 0.4) is 0 Å². The summed E-state index contributed by atoms with van der Waals surface area (Å²) in [4.78, 5) is 42.1. The lowest BCUT2D eigenvalue weighted by atomic mass is 10.1. The first-order valence-corrected chi connectivity index (χ1v) is 9.44. The molecule has 0 atom stereocenters. The summed E-state index contributed by atoms with van der Waals surface area (Å²) in [6.45, 7) is -0.0660. The second-order valence-corrected chi connectivity index (χ2v) is 6.77. The summed E-state index contributed by atoms with van der Waals surface area (Å²) in [5.74, 6) is 1.11. The van der Waals surface area contributed by atoms with Crippen LogP contribution in [0, 0.1) is 0 Å². The van der Waals surface area contributed by atoms with Gasteiger partial charge in [0.05, 0.1) is 31.8 Å². The van der Waals surface area contributed by atoms with E-state index < -0.39 is 11.2 Å². The quantitative estimate of drug-likeness (QED) is 0.448. The summed E-state index contributed by atoms with van der Waals surface area (Å²) >= 11 is 0. The lowest BCUT2D eigenvalue weighted by molar-refractivity contribution is 0.112. The maximum atomic E-state index is 13.5. The molecule has 0 N–H and O–H groups in total. The van der Waals surface area contributed by atoms with Crippen LogP contribution in [0.2, 0.25) is 0 Å². The molecule has 0 saturated carbocycles. The van der Waals surface area contributed by atoms with Crippen molar-refractivity contribution in [3.05, 3.63) is 92.8 Å². The smallest absolute Gasteiger partial charge is 0.337 e. The molecule has 0 spiro atoms. The molecule has 0 unspecified atom stereocenters. The van der Waals surface area contributed by atoms with E-state index in [4.69, 9.17) is 9.47 Å². The molecule has 0 aliphatic rings. The standard InChI is InChI=1S/C23H19N3O5/c1-30-18-8-6-17(7-9-18)26-21-19(4-3-11-24-21)22(28)25(23(26)29)13-16-12-15(14-27)5-10-20(16)31-2/h3-12,14H,13H2,1-2H3. The van der Waals surface area contributed by atoms with Gasteiger partial charge in [0.25, 0.3) is 5.56 Å². The molecule has 0 amide bonds. The zero-order valence-corrected chi connectivity index (χ0v) is 16.9. The Bertz CT molecular complexity index is 1390. The molecule has 2 aromatic carbocycles. The third-order valence-electron chi connectivity index (χ3n) is 5.00. The van der Waals surface area contributed by atoms with E-state index in [0.29, 0.717) is 40.0 Å². The van der Waals surface area contributed by atoms with Crippen LogP contribution in [0.25, 0.3) is 16.7 Å². The number of ether oxygens (including phenoxy) is 2. The third kappa shape index (κ3) is 3.59. The number of carbonyl (C=O) groups is 1. The van der Waals surface area contributed by atoms with E-state index in [-0.39, 0.29) is 12.2 Å². The zero-order chi connectivity index (χ0) is 22.0. The SMILES string of the molecule is COc1ccc(-n2c(=O)n(Cc3cc(C=O)ccc3OC)c(=O)c3cccnc32)cc1. The summed E-state index contributed by atoms with van der Waals surface area (Å²) in [5.41, 5.74) is 0.721. The van der Waals surface area contributed by atoms with Crippen molar-refractivity contribution in [1.29, 1.82) is 0 Å². The Morgan fingerprint density at radius 1 is 1.00 bits per heavy atom. The van der Waals surface area contributed by atoms with E-state index in [9.17, 15) is 14.4 Å². The highest BCUT2D eigenvalue weighted by Gasteiger charge is 2.17. The minimum Gasteiger partial charge on any atom is -0.497 e. The molecular weight excluding hydrogens is 398 g/mol. The number of carbonyl (C=O) groups excluding carboxylic acids is 1. The van der Waals surface area contributed by atoms with E-state index in [1.54, 1.807) is 61.7 Å². The molecule has 0 saturated heterocycles. The first-order valence-electron chi connectivity index (χ1n) is 9.44. The zero-order valence-electron chi connectivity index (χ0n) is 16.9. The molecule has 0 fully saturated rings. The van der Waals surface area contributed by atoms with Gasteiger partial charge in [-0.15, -0.1) is 0 Å². The fourth-order valence-corrected chi connectivity index (χ4v) is 3.45. The van der Waals surface area contributed by atoms with Gasteiger partial charge >= 0.3 is 5.69 Å². The highest BCUT2D eigenvalue weighted by molar-refractivity contribution is 5.76. The molecule has 0 aliphatic carbocycles. The number of hydrogen-bond donors (Lipinski definition) is 0. The molecule has 0 bridgehead atoms. The lowest BCUT2D eigenvalue weighted by Gasteiger charge is -2.15. The van der Waals surface area contributed by atoms with Gasteiger partial charge in [-0.2, -0.15) is 0 Å². The predicted octanol–water partition coefficient (Wildman–Crippen LogP) is 2.43. The molecule has 0 aliphatic heterocycles. The number of aromatic nitrogens is 3. The molecule has 4 aromatic rings. The van der Waals surface area contributed by atoms with Gasteiger partial charge in [0.15, 0.2) is 5.65 Å². The molecule has 0 radical (unpaired) electrons. The average Bonchev–Trinajstić information content (AvgIpc) is 2.82. The number of hydrogen-bond acceptors (Lipinski definition) is 6. The second kappa shape index (κ2) is 8.27. The van der Waals surface area contributed by atoms with Crippen molar-refractivity contribution in [3.8, 4) is 17.2 Å². The van der Waals surface area contributed by atoms with Crippen molar-refractivity contribution < 1.29 is 14.3 Å². The Morgan fingerprint density at radius 2 is 1.77 bits per heavy atom.